The second-order valence-electron chi connectivity index (χ2n) is 5.86. The molecule has 1 aliphatic rings. The second-order valence-corrected chi connectivity index (χ2v) is 5.86. The van der Waals surface area contributed by atoms with Gasteiger partial charge in [-0.3, -0.25) is 9.59 Å². The van der Waals surface area contributed by atoms with Crippen LogP contribution in [0.25, 0.3) is 0 Å². The minimum absolute atomic E-state index is 0.0380. The molecule has 126 valence electrons. The number of nitrogen functional groups attached to an aromatic ring is 1. The molecule has 2 rings (SSSR count). The van der Waals surface area contributed by atoms with Crippen LogP contribution in [0.1, 0.15) is 32.6 Å². The van der Waals surface area contributed by atoms with E-state index in [4.69, 9.17) is 5.73 Å². The first-order valence-electron chi connectivity index (χ1n) is 8.09. The van der Waals surface area contributed by atoms with Crippen molar-refractivity contribution in [2.75, 3.05) is 23.7 Å². The fraction of sp³-hybridized carbons (Fsp3) is 0.389. The van der Waals surface area contributed by atoms with Gasteiger partial charge in [-0.1, -0.05) is 12.8 Å². The molecule has 0 saturated carbocycles. The largest absolute Gasteiger partial charge is 0.399 e. The van der Waals surface area contributed by atoms with E-state index in [9.17, 15) is 14.9 Å². The quantitative estimate of drug-likeness (QED) is 0.523. The van der Waals surface area contributed by atoms with Gasteiger partial charge in [-0.15, -0.1) is 0 Å². The third-order valence-electron chi connectivity index (χ3n) is 3.97. The lowest BCUT2D eigenvalue weighted by atomic mass is 10.2. The fourth-order valence-electron chi connectivity index (χ4n) is 2.72. The number of nitrogens with two attached hydrogens (primary N) is 1. The van der Waals surface area contributed by atoms with Crippen molar-refractivity contribution in [1.29, 1.82) is 5.26 Å². The second kappa shape index (κ2) is 8.16. The molecule has 1 fully saturated rings. The number of carbonyl (C=O) groups excluding carboxylic acids is 2. The molecule has 0 radical (unpaired) electrons. The number of hydrogen-bond acceptors (Lipinski definition) is 5. The summed E-state index contributed by atoms with van der Waals surface area (Å²) < 4.78 is 0. The Bertz CT molecular complexity index is 665. The van der Waals surface area contributed by atoms with Crippen molar-refractivity contribution in [1.82, 2.24) is 4.90 Å². The molecule has 1 aromatic carbocycles. The molecule has 0 bridgehead atoms. The molecule has 1 aromatic rings. The number of amides is 2. The zero-order valence-electron chi connectivity index (χ0n) is 13.9. The highest BCUT2D eigenvalue weighted by Gasteiger charge is 2.24. The first kappa shape index (κ1) is 17.5. The van der Waals surface area contributed by atoms with Crippen LogP contribution in [-0.2, 0) is 9.59 Å². The van der Waals surface area contributed by atoms with Crippen LogP contribution in [-0.4, -0.2) is 29.8 Å². The lowest BCUT2D eigenvalue weighted by Gasteiger charge is -2.21. The summed E-state index contributed by atoms with van der Waals surface area (Å²) in [6.45, 7) is 2.94. The molecule has 6 nitrogen and oxygen atoms in total. The van der Waals surface area contributed by atoms with E-state index in [0.717, 1.165) is 43.7 Å². The molecular weight excluding hydrogens is 304 g/mol. The third-order valence-corrected chi connectivity index (χ3v) is 3.97. The Hall–Kier alpha value is -2.81. The third kappa shape index (κ3) is 4.35. The van der Waals surface area contributed by atoms with E-state index in [1.807, 2.05) is 11.0 Å². The van der Waals surface area contributed by atoms with Gasteiger partial charge >= 0.3 is 0 Å². The maximum Gasteiger partial charge on any atom is 0.277 e. The molecule has 0 aliphatic carbocycles. The van der Waals surface area contributed by atoms with Gasteiger partial charge in [-0.25, -0.2) is 4.90 Å². The zero-order chi connectivity index (χ0) is 17.5. The lowest BCUT2D eigenvalue weighted by Crippen LogP contribution is -2.36. The van der Waals surface area contributed by atoms with Gasteiger partial charge in [-0.2, -0.15) is 5.26 Å². The standard InChI is InChI=1S/C18H22N4O2/c1-14(23)22(17-8-6-16(20)7-9-17)18(24)15(12-19)13-21-10-4-2-3-5-11-21/h6-9,13H,2-5,10-11,20H2,1H3/b15-13-. The van der Waals surface area contributed by atoms with E-state index in [2.05, 4.69) is 0 Å². The van der Waals surface area contributed by atoms with Crippen LogP contribution in [0.3, 0.4) is 0 Å². The van der Waals surface area contributed by atoms with Gasteiger partial charge < -0.3 is 10.6 Å². The number of imide groups is 1. The Morgan fingerprint density at radius 1 is 1.17 bits per heavy atom. The number of hydrogen-bond donors (Lipinski definition) is 1. The van der Waals surface area contributed by atoms with Gasteiger partial charge in [0.2, 0.25) is 5.91 Å². The normalized spacial score (nSPS) is 15.3. The van der Waals surface area contributed by atoms with Gasteiger partial charge in [0.05, 0.1) is 5.69 Å². The highest BCUT2D eigenvalue weighted by molar-refractivity contribution is 6.21. The summed E-state index contributed by atoms with van der Waals surface area (Å²) in [6.07, 6.45) is 5.98. The summed E-state index contributed by atoms with van der Waals surface area (Å²) in [4.78, 5) is 27.7. The summed E-state index contributed by atoms with van der Waals surface area (Å²) in [6, 6.07) is 8.35. The average molecular weight is 326 g/mol. The zero-order valence-corrected chi connectivity index (χ0v) is 13.9. The van der Waals surface area contributed by atoms with Crippen LogP contribution in [0.2, 0.25) is 0 Å². The number of benzene rings is 1. The first-order valence-corrected chi connectivity index (χ1v) is 8.09. The monoisotopic (exact) mass is 326 g/mol. The molecule has 0 unspecified atom stereocenters. The summed E-state index contributed by atoms with van der Waals surface area (Å²) in [5, 5.41) is 9.40. The minimum Gasteiger partial charge on any atom is -0.399 e. The molecule has 0 spiro atoms. The van der Waals surface area contributed by atoms with E-state index in [1.165, 1.54) is 6.92 Å². The van der Waals surface area contributed by atoms with E-state index >= 15 is 0 Å². The van der Waals surface area contributed by atoms with Crippen LogP contribution in [0.4, 0.5) is 11.4 Å². The number of anilines is 2. The Labute approximate surface area is 142 Å². The van der Waals surface area contributed by atoms with Gasteiger partial charge in [0.25, 0.3) is 5.91 Å². The highest BCUT2D eigenvalue weighted by atomic mass is 16.2. The topological polar surface area (TPSA) is 90.4 Å². The Balaban J connectivity index is 2.28. The van der Waals surface area contributed by atoms with Crippen LogP contribution in [0.5, 0.6) is 0 Å². The van der Waals surface area contributed by atoms with E-state index in [1.54, 1.807) is 30.5 Å². The Kier molecular flexibility index (Phi) is 5.96. The summed E-state index contributed by atoms with van der Waals surface area (Å²) in [7, 11) is 0. The number of rotatable bonds is 3. The number of nitriles is 1. The molecule has 1 aliphatic heterocycles. The predicted octanol–water partition coefficient (Wildman–Crippen LogP) is 2.43. The van der Waals surface area contributed by atoms with E-state index in [-0.39, 0.29) is 5.57 Å². The van der Waals surface area contributed by atoms with Crippen LogP contribution >= 0.6 is 0 Å². The predicted molar refractivity (Wildman–Crippen MR) is 92.8 cm³/mol. The smallest absolute Gasteiger partial charge is 0.277 e. The van der Waals surface area contributed by atoms with Crippen LogP contribution < -0.4 is 10.6 Å². The van der Waals surface area contributed by atoms with Crippen molar-refractivity contribution in [2.24, 2.45) is 0 Å². The number of nitrogens with zero attached hydrogens (tertiary/aromatic N) is 3. The summed E-state index contributed by atoms with van der Waals surface area (Å²) >= 11 is 0. The molecule has 0 aromatic heterocycles. The van der Waals surface area contributed by atoms with Crippen LogP contribution in [0, 0.1) is 11.3 Å². The number of carbonyl (C=O) groups is 2. The van der Waals surface area contributed by atoms with Crippen molar-refractivity contribution >= 4 is 23.2 Å². The summed E-state index contributed by atoms with van der Waals surface area (Å²) in [5.74, 6) is -1.05. The minimum atomic E-state index is -0.612. The van der Waals surface area contributed by atoms with Gasteiger partial charge in [0.15, 0.2) is 0 Å². The molecule has 1 saturated heterocycles. The average Bonchev–Trinajstić information content (AvgIpc) is 2.82. The van der Waals surface area contributed by atoms with Crippen molar-refractivity contribution in [3.8, 4) is 6.07 Å². The lowest BCUT2D eigenvalue weighted by molar-refractivity contribution is -0.123. The number of likely N-dealkylation sites (tertiary alicyclic amines) is 1. The molecular formula is C18H22N4O2. The molecule has 6 heteroatoms. The highest BCUT2D eigenvalue weighted by Crippen LogP contribution is 2.20. The Morgan fingerprint density at radius 2 is 1.75 bits per heavy atom. The molecule has 1 heterocycles. The molecule has 24 heavy (non-hydrogen) atoms. The van der Waals surface area contributed by atoms with Crippen LogP contribution in [0.15, 0.2) is 36.0 Å². The van der Waals surface area contributed by atoms with Crippen molar-refractivity contribution in [3.05, 3.63) is 36.0 Å². The van der Waals surface area contributed by atoms with Crippen molar-refractivity contribution in [2.45, 2.75) is 32.6 Å². The van der Waals surface area contributed by atoms with E-state index in [0.29, 0.717) is 11.4 Å². The molecule has 2 N–H and O–H groups in total. The van der Waals surface area contributed by atoms with Crippen molar-refractivity contribution in [3.63, 3.8) is 0 Å². The van der Waals surface area contributed by atoms with E-state index < -0.39 is 11.8 Å². The van der Waals surface area contributed by atoms with Gasteiger partial charge in [0.1, 0.15) is 11.6 Å². The van der Waals surface area contributed by atoms with Gasteiger partial charge in [0, 0.05) is 31.9 Å². The maximum atomic E-state index is 12.7. The molecule has 2 amide bonds. The van der Waals surface area contributed by atoms with Gasteiger partial charge in [-0.05, 0) is 37.1 Å². The fourth-order valence-corrected chi connectivity index (χ4v) is 2.72. The summed E-state index contributed by atoms with van der Waals surface area (Å²) in [5.41, 5.74) is 6.55. The SMILES string of the molecule is CC(=O)N(C(=O)/C(C#N)=C\N1CCCCCC1)c1ccc(N)cc1. The molecule has 0 atom stereocenters. The Morgan fingerprint density at radius 3 is 2.25 bits per heavy atom. The maximum absolute atomic E-state index is 12.7. The first-order chi connectivity index (χ1) is 11.5. The van der Waals surface area contributed by atoms with Crippen molar-refractivity contribution < 1.29 is 9.59 Å².